The summed E-state index contributed by atoms with van der Waals surface area (Å²) in [5.74, 6) is -1.14. The van der Waals surface area contributed by atoms with Gasteiger partial charge in [0.1, 0.15) is 13.2 Å². The van der Waals surface area contributed by atoms with Crippen molar-refractivity contribution in [2.45, 2.75) is 24.9 Å². The lowest BCUT2D eigenvalue weighted by Gasteiger charge is -2.30. The third-order valence-electron chi connectivity index (χ3n) is 6.16. The molecule has 0 unspecified atom stereocenters. The molecule has 1 aliphatic carbocycles. The number of benzene rings is 2. The predicted molar refractivity (Wildman–Crippen MR) is 125 cm³/mol. The Kier molecular flexibility index (Phi) is 7.59. The first-order chi connectivity index (χ1) is 16.5. The Morgan fingerprint density at radius 3 is 2.24 bits per heavy atom. The zero-order chi connectivity index (χ0) is 23.9. The van der Waals surface area contributed by atoms with E-state index in [1.807, 2.05) is 24.3 Å². The van der Waals surface area contributed by atoms with Crippen LogP contribution in [0.15, 0.2) is 60.7 Å². The van der Waals surface area contributed by atoms with Crippen molar-refractivity contribution in [1.29, 1.82) is 0 Å². The highest BCUT2D eigenvalue weighted by Gasteiger charge is 2.29. The molecular formula is C26H28N2O6. The highest BCUT2D eigenvalue weighted by atomic mass is 16.5. The number of nitrogens with one attached hydrogen (secondary N) is 1. The Bertz CT molecular complexity index is 1030. The molecule has 2 amide bonds. The second-order valence-corrected chi connectivity index (χ2v) is 8.34. The van der Waals surface area contributed by atoms with Gasteiger partial charge in [0.25, 0.3) is 0 Å². The fourth-order valence-electron chi connectivity index (χ4n) is 4.49. The van der Waals surface area contributed by atoms with Crippen LogP contribution in [0.4, 0.5) is 4.79 Å². The molecule has 34 heavy (non-hydrogen) atoms. The minimum atomic E-state index is -0.995. The van der Waals surface area contributed by atoms with E-state index in [2.05, 4.69) is 29.6 Å². The Labute approximate surface area is 198 Å². The lowest BCUT2D eigenvalue weighted by atomic mass is 9.98. The first kappa shape index (κ1) is 23.5. The molecule has 1 heterocycles. The van der Waals surface area contributed by atoms with Gasteiger partial charge >= 0.3 is 12.1 Å². The summed E-state index contributed by atoms with van der Waals surface area (Å²) < 4.78 is 10.8. The number of aliphatic carboxylic acids is 1. The van der Waals surface area contributed by atoms with E-state index in [1.54, 1.807) is 11.0 Å². The van der Waals surface area contributed by atoms with Crippen LogP contribution in [0.2, 0.25) is 0 Å². The van der Waals surface area contributed by atoms with Crippen molar-refractivity contribution in [3.8, 4) is 11.1 Å². The van der Waals surface area contributed by atoms with Gasteiger partial charge in [-0.3, -0.25) is 4.79 Å². The van der Waals surface area contributed by atoms with Gasteiger partial charge < -0.3 is 24.8 Å². The summed E-state index contributed by atoms with van der Waals surface area (Å²) >= 11 is 0. The van der Waals surface area contributed by atoms with E-state index in [4.69, 9.17) is 14.6 Å². The van der Waals surface area contributed by atoms with E-state index in [1.165, 1.54) is 17.2 Å². The number of piperidine rings is 1. The zero-order valence-electron chi connectivity index (χ0n) is 18.8. The molecule has 1 saturated heterocycles. The number of carbonyl (C=O) groups excluding carboxylic acids is 2. The molecule has 8 nitrogen and oxygen atoms in total. The van der Waals surface area contributed by atoms with Crippen LogP contribution >= 0.6 is 0 Å². The molecule has 0 atom stereocenters. The summed E-state index contributed by atoms with van der Waals surface area (Å²) in [4.78, 5) is 36.8. The highest BCUT2D eigenvalue weighted by Crippen LogP contribution is 2.44. The van der Waals surface area contributed by atoms with Gasteiger partial charge in [0.2, 0.25) is 5.91 Å². The Morgan fingerprint density at radius 2 is 1.62 bits per heavy atom. The number of hydrogen-bond acceptors (Lipinski definition) is 5. The van der Waals surface area contributed by atoms with Crippen LogP contribution in [0.5, 0.6) is 0 Å². The van der Waals surface area contributed by atoms with Crippen LogP contribution in [0.25, 0.3) is 11.1 Å². The van der Waals surface area contributed by atoms with Crippen LogP contribution in [0.1, 0.15) is 29.9 Å². The molecule has 2 aromatic rings. The molecule has 0 saturated carbocycles. The van der Waals surface area contributed by atoms with Gasteiger partial charge in [0, 0.05) is 31.6 Å². The maximum absolute atomic E-state index is 12.3. The molecule has 0 radical (unpaired) electrons. The van der Waals surface area contributed by atoms with E-state index < -0.39 is 12.1 Å². The number of hydrogen-bond donors (Lipinski definition) is 2. The summed E-state index contributed by atoms with van der Waals surface area (Å²) in [5.41, 5.74) is 4.65. The number of fused-ring (bicyclic) bond motifs is 3. The van der Waals surface area contributed by atoms with Crippen LogP contribution in [0, 0.1) is 0 Å². The lowest BCUT2D eigenvalue weighted by Crippen LogP contribution is -2.40. The molecule has 178 valence electrons. The summed E-state index contributed by atoms with van der Waals surface area (Å²) in [5, 5.41) is 11.3. The quantitative estimate of drug-likeness (QED) is 0.582. The summed E-state index contributed by atoms with van der Waals surface area (Å²) in [7, 11) is 0. The average molecular weight is 465 g/mol. The molecule has 2 aromatic carbocycles. The number of carboxylic acids is 1. The number of carboxylic acid groups (broad SMARTS) is 1. The molecule has 4 rings (SSSR count). The van der Waals surface area contributed by atoms with E-state index in [0.717, 1.165) is 11.1 Å². The number of amides is 2. The number of rotatable bonds is 8. The standard InChI is InChI=1S/C26H28N2O6/c29-24(28-14-11-18(12-15-28)33-17-25(30)31)10-5-13-27-26(32)34-16-23-21-8-3-1-6-19(21)20-7-2-4-9-22(20)23/h1-10,18,23H,11-17H2,(H,27,32)(H,30,31)/b10-5+. The molecule has 8 heteroatoms. The number of nitrogens with zero attached hydrogens (tertiary/aromatic N) is 1. The third-order valence-corrected chi connectivity index (χ3v) is 6.16. The Hall–Kier alpha value is -3.65. The van der Waals surface area contributed by atoms with E-state index in [9.17, 15) is 14.4 Å². The van der Waals surface area contributed by atoms with Gasteiger partial charge in [0.05, 0.1) is 6.10 Å². The van der Waals surface area contributed by atoms with E-state index in [0.29, 0.717) is 25.9 Å². The second-order valence-electron chi connectivity index (χ2n) is 8.34. The van der Waals surface area contributed by atoms with Crippen molar-refractivity contribution in [1.82, 2.24) is 10.2 Å². The molecule has 0 spiro atoms. The molecule has 1 fully saturated rings. The molecule has 2 N–H and O–H groups in total. The zero-order valence-corrected chi connectivity index (χ0v) is 18.8. The van der Waals surface area contributed by atoms with Crippen molar-refractivity contribution in [3.63, 3.8) is 0 Å². The minimum absolute atomic E-state index is 0.00215. The number of likely N-dealkylation sites (tertiary alicyclic amines) is 1. The third kappa shape index (κ3) is 5.63. The van der Waals surface area contributed by atoms with Crippen LogP contribution in [0.3, 0.4) is 0 Å². The SMILES string of the molecule is O=C(O)COC1CCN(C(=O)/C=C/CNC(=O)OCC2c3ccccc3-c3ccccc32)CC1. The summed E-state index contributed by atoms with van der Waals surface area (Å²) in [6.07, 6.45) is 3.56. The van der Waals surface area contributed by atoms with Crippen LogP contribution in [-0.4, -0.2) is 66.9 Å². The normalized spacial score (nSPS) is 15.7. The van der Waals surface area contributed by atoms with Gasteiger partial charge in [-0.2, -0.15) is 0 Å². The Balaban J connectivity index is 1.19. The van der Waals surface area contributed by atoms with Crippen LogP contribution < -0.4 is 5.32 Å². The highest BCUT2D eigenvalue weighted by molar-refractivity contribution is 5.87. The average Bonchev–Trinajstić information content (AvgIpc) is 3.18. The molecule has 2 aliphatic rings. The van der Waals surface area contributed by atoms with E-state index in [-0.39, 0.29) is 37.7 Å². The van der Waals surface area contributed by atoms with Crippen molar-refractivity contribution >= 4 is 18.0 Å². The maximum atomic E-state index is 12.3. The van der Waals surface area contributed by atoms with Crippen LogP contribution in [-0.2, 0) is 19.1 Å². The monoisotopic (exact) mass is 464 g/mol. The fraction of sp³-hybridized carbons (Fsp3) is 0.346. The van der Waals surface area contributed by atoms with Gasteiger partial charge in [-0.15, -0.1) is 0 Å². The van der Waals surface area contributed by atoms with Crippen molar-refractivity contribution in [2.24, 2.45) is 0 Å². The maximum Gasteiger partial charge on any atom is 0.407 e. The summed E-state index contributed by atoms with van der Waals surface area (Å²) in [6.45, 7) is 1.11. The van der Waals surface area contributed by atoms with Crippen molar-refractivity contribution < 1.29 is 29.0 Å². The molecular weight excluding hydrogens is 436 g/mol. The lowest BCUT2D eigenvalue weighted by molar-refractivity contribution is -0.146. The molecule has 1 aliphatic heterocycles. The van der Waals surface area contributed by atoms with Gasteiger partial charge in [-0.1, -0.05) is 54.6 Å². The second kappa shape index (κ2) is 11.0. The number of ether oxygens (including phenoxy) is 2. The van der Waals surface area contributed by atoms with E-state index >= 15 is 0 Å². The van der Waals surface area contributed by atoms with Crippen molar-refractivity contribution in [2.75, 3.05) is 32.8 Å². The number of alkyl carbamates (subject to hydrolysis) is 1. The Morgan fingerprint density at radius 1 is 1.00 bits per heavy atom. The molecule has 0 bridgehead atoms. The predicted octanol–water partition coefficient (Wildman–Crippen LogP) is 3.17. The first-order valence-electron chi connectivity index (χ1n) is 11.4. The van der Waals surface area contributed by atoms with Gasteiger partial charge in [-0.05, 0) is 35.1 Å². The van der Waals surface area contributed by atoms with Gasteiger partial charge in [-0.25, -0.2) is 9.59 Å². The summed E-state index contributed by atoms with van der Waals surface area (Å²) in [6, 6.07) is 16.3. The topological polar surface area (TPSA) is 105 Å². The van der Waals surface area contributed by atoms with Gasteiger partial charge in [0.15, 0.2) is 0 Å². The first-order valence-corrected chi connectivity index (χ1v) is 11.4. The molecule has 0 aromatic heterocycles. The number of carbonyl (C=O) groups is 3. The minimum Gasteiger partial charge on any atom is -0.480 e. The van der Waals surface area contributed by atoms with Crippen molar-refractivity contribution in [3.05, 3.63) is 71.8 Å². The fourth-order valence-corrected chi connectivity index (χ4v) is 4.49. The smallest absolute Gasteiger partial charge is 0.407 e. The largest absolute Gasteiger partial charge is 0.480 e.